The normalized spacial score (nSPS) is 18.2. The molecule has 1 aromatic carbocycles. The van der Waals surface area contributed by atoms with Crippen molar-refractivity contribution in [2.24, 2.45) is 0 Å². The van der Waals surface area contributed by atoms with E-state index in [4.69, 9.17) is 9.47 Å². The highest BCUT2D eigenvalue weighted by atomic mass is 19.1. The number of hydrogen-bond acceptors (Lipinski definition) is 7. The number of hydrogen-bond donors (Lipinski definition) is 1. The zero-order valence-corrected chi connectivity index (χ0v) is 19.9. The summed E-state index contributed by atoms with van der Waals surface area (Å²) in [6.45, 7) is 6.68. The molecule has 0 aliphatic carbocycles. The number of nitrogens with one attached hydrogen (secondary N) is 1. The number of benzene rings is 1. The van der Waals surface area contributed by atoms with Crippen LogP contribution in [0, 0.1) is 11.6 Å². The van der Waals surface area contributed by atoms with Gasteiger partial charge in [-0.2, -0.15) is 0 Å². The molecular formula is C26H29F2N5O2. The van der Waals surface area contributed by atoms with E-state index < -0.39 is 11.6 Å². The Hall–Kier alpha value is -3.33. The average Bonchev–Trinajstić information content (AvgIpc) is 3.38. The van der Waals surface area contributed by atoms with Crippen LogP contribution in [-0.4, -0.2) is 53.4 Å². The fraction of sp³-hybridized carbons (Fsp3) is 0.423. The van der Waals surface area contributed by atoms with E-state index in [1.165, 1.54) is 6.07 Å². The second kappa shape index (κ2) is 10.1. The average molecular weight is 482 g/mol. The van der Waals surface area contributed by atoms with Crippen molar-refractivity contribution in [2.45, 2.75) is 45.2 Å². The summed E-state index contributed by atoms with van der Waals surface area (Å²) in [5.41, 5.74) is 2.71. The predicted octanol–water partition coefficient (Wildman–Crippen LogP) is 4.61. The van der Waals surface area contributed by atoms with Gasteiger partial charge in [-0.05, 0) is 44.0 Å². The molecule has 0 bridgehead atoms. The smallest absolute Gasteiger partial charge is 0.178 e. The molecule has 2 aromatic heterocycles. The molecular weight excluding hydrogens is 452 g/mol. The second-order valence-electron chi connectivity index (χ2n) is 9.01. The first kappa shape index (κ1) is 23.4. The monoisotopic (exact) mass is 481 g/mol. The predicted molar refractivity (Wildman–Crippen MR) is 130 cm³/mol. The summed E-state index contributed by atoms with van der Waals surface area (Å²) in [6.07, 6.45) is 5.09. The Morgan fingerprint density at radius 3 is 2.77 bits per heavy atom. The van der Waals surface area contributed by atoms with Crippen LogP contribution < -0.4 is 15.0 Å². The molecule has 1 saturated heterocycles. The molecule has 184 valence electrons. The van der Waals surface area contributed by atoms with Gasteiger partial charge < -0.3 is 19.7 Å². The van der Waals surface area contributed by atoms with Gasteiger partial charge in [-0.25, -0.2) is 18.7 Å². The van der Waals surface area contributed by atoms with Gasteiger partial charge >= 0.3 is 0 Å². The van der Waals surface area contributed by atoms with Gasteiger partial charge in [0.2, 0.25) is 0 Å². The maximum Gasteiger partial charge on any atom is 0.178 e. The van der Waals surface area contributed by atoms with E-state index in [2.05, 4.69) is 39.0 Å². The third-order valence-electron chi connectivity index (χ3n) is 6.57. The van der Waals surface area contributed by atoms with Crippen LogP contribution in [0.15, 0.2) is 36.7 Å². The minimum atomic E-state index is -0.605. The molecule has 35 heavy (non-hydrogen) atoms. The molecule has 3 aromatic rings. The van der Waals surface area contributed by atoms with Crippen LogP contribution >= 0.6 is 0 Å². The molecule has 1 fully saturated rings. The number of aromatic nitrogens is 3. The maximum atomic E-state index is 15.0. The van der Waals surface area contributed by atoms with Gasteiger partial charge in [-0.1, -0.05) is 6.92 Å². The summed E-state index contributed by atoms with van der Waals surface area (Å²) in [7, 11) is 0. The molecule has 0 radical (unpaired) electrons. The zero-order valence-electron chi connectivity index (χ0n) is 19.9. The Kier molecular flexibility index (Phi) is 6.77. The van der Waals surface area contributed by atoms with Gasteiger partial charge in [0.1, 0.15) is 18.1 Å². The van der Waals surface area contributed by atoms with Crippen molar-refractivity contribution >= 4 is 11.4 Å². The summed E-state index contributed by atoms with van der Waals surface area (Å²) in [6, 6.07) is 7.37. The lowest BCUT2D eigenvalue weighted by atomic mass is 10.1. The quantitative estimate of drug-likeness (QED) is 0.529. The summed E-state index contributed by atoms with van der Waals surface area (Å²) >= 11 is 0. The van der Waals surface area contributed by atoms with Crippen LogP contribution in [0.3, 0.4) is 0 Å². The van der Waals surface area contributed by atoms with Crippen LogP contribution in [0.4, 0.5) is 20.2 Å². The lowest BCUT2D eigenvalue weighted by Crippen LogP contribution is -2.39. The minimum Gasteiger partial charge on any atom is -0.486 e. The van der Waals surface area contributed by atoms with Crippen molar-refractivity contribution in [1.29, 1.82) is 0 Å². The summed E-state index contributed by atoms with van der Waals surface area (Å²) in [4.78, 5) is 15.2. The SMILES string of the molecule is CCC(C)N1CCOc2c(F)cc(-c3nc(Cc4ccc(NC5CCOC5)cn4)ncc3F)cc21. The molecule has 2 aliphatic heterocycles. The van der Waals surface area contributed by atoms with E-state index in [-0.39, 0.29) is 17.5 Å². The van der Waals surface area contributed by atoms with Gasteiger partial charge in [-0.15, -0.1) is 0 Å². The Bertz CT molecular complexity index is 1190. The largest absolute Gasteiger partial charge is 0.486 e. The molecule has 9 heteroatoms. The number of fused-ring (bicyclic) bond motifs is 1. The number of ether oxygens (including phenoxy) is 2. The fourth-order valence-corrected chi connectivity index (χ4v) is 4.47. The Balaban J connectivity index is 1.39. The fourth-order valence-electron chi connectivity index (χ4n) is 4.47. The summed E-state index contributed by atoms with van der Waals surface area (Å²) < 4.78 is 40.8. The molecule has 0 spiro atoms. The molecule has 5 rings (SSSR count). The number of nitrogens with zero attached hydrogens (tertiary/aromatic N) is 4. The first-order valence-corrected chi connectivity index (χ1v) is 12.1. The van der Waals surface area contributed by atoms with E-state index in [1.54, 1.807) is 12.3 Å². The second-order valence-corrected chi connectivity index (χ2v) is 9.01. The van der Waals surface area contributed by atoms with Crippen LogP contribution in [0.25, 0.3) is 11.3 Å². The molecule has 0 saturated carbocycles. The number of rotatable bonds is 7. The molecule has 2 unspecified atom stereocenters. The van der Waals surface area contributed by atoms with Crippen molar-refractivity contribution in [3.05, 3.63) is 59.8 Å². The van der Waals surface area contributed by atoms with Crippen LogP contribution in [0.5, 0.6) is 5.75 Å². The third-order valence-corrected chi connectivity index (χ3v) is 6.57. The molecule has 4 heterocycles. The standard InChI is InChI=1S/C26H29F2N5O2/c1-3-16(2)33-7-9-35-26-21(27)10-17(11-23(26)33)25-22(28)14-30-24(32-25)12-18-4-5-19(13-29-18)31-20-6-8-34-15-20/h4-5,10-11,13-14,16,20,31H,3,6-9,12,15H2,1-2H3. The maximum absolute atomic E-state index is 15.0. The van der Waals surface area contributed by atoms with E-state index in [9.17, 15) is 8.78 Å². The van der Waals surface area contributed by atoms with Crippen molar-refractivity contribution in [3.63, 3.8) is 0 Å². The van der Waals surface area contributed by atoms with Crippen LogP contribution in [-0.2, 0) is 11.2 Å². The highest BCUT2D eigenvalue weighted by molar-refractivity contribution is 5.72. The Morgan fingerprint density at radius 1 is 1.14 bits per heavy atom. The molecule has 2 aliphatic rings. The summed E-state index contributed by atoms with van der Waals surface area (Å²) in [5, 5.41) is 3.40. The third kappa shape index (κ3) is 5.05. The van der Waals surface area contributed by atoms with Crippen molar-refractivity contribution < 1.29 is 18.3 Å². The Labute approximate surface area is 203 Å². The molecule has 1 N–H and O–H groups in total. The topological polar surface area (TPSA) is 72.4 Å². The number of pyridine rings is 1. The van der Waals surface area contributed by atoms with Gasteiger partial charge in [0.15, 0.2) is 17.4 Å². The first-order valence-electron chi connectivity index (χ1n) is 12.1. The molecule has 0 amide bonds. The lowest BCUT2D eigenvalue weighted by molar-refractivity contribution is 0.195. The zero-order chi connectivity index (χ0) is 24.4. The van der Waals surface area contributed by atoms with Crippen LogP contribution in [0.2, 0.25) is 0 Å². The number of halogens is 2. The first-order chi connectivity index (χ1) is 17.0. The van der Waals surface area contributed by atoms with Gasteiger partial charge in [-0.3, -0.25) is 4.98 Å². The highest BCUT2D eigenvalue weighted by Gasteiger charge is 2.26. The van der Waals surface area contributed by atoms with Gasteiger partial charge in [0, 0.05) is 23.9 Å². The molecule has 2 atom stereocenters. The van der Waals surface area contributed by atoms with E-state index in [1.807, 2.05) is 12.1 Å². The van der Waals surface area contributed by atoms with Crippen molar-refractivity contribution in [3.8, 4) is 17.0 Å². The highest BCUT2D eigenvalue weighted by Crippen LogP contribution is 2.39. The Morgan fingerprint density at radius 2 is 2.03 bits per heavy atom. The van der Waals surface area contributed by atoms with Crippen LogP contribution in [0.1, 0.15) is 38.2 Å². The lowest BCUT2D eigenvalue weighted by Gasteiger charge is -2.36. The van der Waals surface area contributed by atoms with E-state index >= 15 is 0 Å². The summed E-state index contributed by atoms with van der Waals surface area (Å²) in [5.74, 6) is -0.516. The van der Waals surface area contributed by atoms with Gasteiger partial charge in [0.05, 0.1) is 49.4 Å². The van der Waals surface area contributed by atoms with Gasteiger partial charge in [0.25, 0.3) is 0 Å². The number of anilines is 2. The van der Waals surface area contributed by atoms with Crippen molar-refractivity contribution in [2.75, 3.05) is 36.6 Å². The van der Waals surface area contributed by atoms with E-state index in [0.717, 1.165) is 37.0 Å². The van der Waals surface area contributed by atoms with E-state index in [0.29, 0.717) is 49.3 Å². The molecule has 7 nitrogen and oxygen atoms in total. The minimum absolute atomic E-state index is 0.0610. The van der Waals surface area contributed by atoms with Crippen molar-refractivity contribution in [1.82, 2.24) is 15.0 Å².